The lowest BCUT2D eigenvalue weighted by Crippen LogP contribution is -2.15. The Morgan fingerprint density at radius 3 is 2.08 bits per heavy atom. The van der Waals surface area contributed by atoms with Crippen LogP contribution in [0.25, 0.3) is 0 Å². The van der Waals surface area contributed by atoms with E-state index in [1.807, 2.05) is 0 Å². The van der Waals surface area contributed by atoms with Crippen molar-refractivity contribution in [3.63, 3.8) is 0 Å². The van der Waals surface area contributed by atoms with Gasteiger partial charge in [0.05, 0.1) is 6.54 Å². The summed E-state index contributed by atoms with van der Waals surface area (Å²) in [4.78, 5) is 6.77. The topological polar surface area (TPSA) is 27.6 Å². The zero-order valence-electron chi connectivity index (χ0n) is 16.8. The Morgan fingerprint density at radius 1 is 1.08 bits per heavy atom. The third-order valence-electron chi connectivity index (χ3n) is 4.03. The summed E-state index contributed by atoms with van der Waals surface area (Å²) in [6, 6.07) is 6.62. The monoisotopic (exact) mass is 329 g/mol. The highest BCUT2D eigenvalue weighted by Gasteiger charge is 2.13. The molecule has 0 aliphatic heterocycles. The molecule has 0 aliphatic carbocycles. The minimum atomic E-state index is 0.494. The molecule has 0 aromatic heterocycles. The van der Waals surface area contributed by atoms with Crippen molar-refractivity contribution in [3.05, 3.63) is 41.1 Å². The number of nitrogens with zero attached hydrogens (tertiary/aromatic N) is 2. The first-order valence-electron chi connectivity index (χ1n) is 8.96. The molecule has 24 heavy (non-hydrogen) atoms. The van der Waals surface area contributed by atoms with E-state index in [4.69, 9.17) is 0 Å². The summed E-state index contributed by atoms with van der Waals surface area (Å²) in [5, 5.41) is 3.64. The molecule has 3 heteroatoms. The summed E-state index contributed by atoms with van der Waals surface area (Å²) in [6.45, 7) is 15.0. The fourth-order valence-corrected chi connectivity index (χ4v) is 2.71. The Kier molecular flexibility index (Phi) is 8.20. The van der Waals surface area contributed by atoms with Gasteiger partial charge in [0.1, 0.15) is 0 Å². The Morgan fingerprint density at radius 2 is 1.62 bits per heavy atom. The molecule has 0 fully saturated rings. The van der Waals surface area contributed by atoms with Crippen LogP contribution in [0.4, 0.5) is 5.69 Å². The van der Waals surface area contributed by atoms with E-state index in [2.05, 4.69) is 95.1 Å². The van der Waals surface area contributed by atoms with Crippen molar-refractivity contribution < 1.29 is 0 Å². The molecule has 0 spiro atoms. The molecule has 0 heterocycles. The second-order valence-corrected chi connectivity index (χ2v) is 7.40. The number of para-hydroxylation sites is 1. The number of hydrogen-bond acceptors (Lipinski definition) is 3. The molecule has 0 aliphatic rings. The van der Waals surface area contributed by atoms with E-state index in [9.17, 15) is 0 Å². The molecule has 0 saturated carbocycles. The highest BCUT2D eigenvalue weighted by atomic mass is 15.1. The van der Waals surface area contributed by atoms with Gasteiger partial charge in [-0.1, -0.05) is 45.9 Å². The average Bonchev–Trinajstić information content (AvgIpc) is 2.46. The average molecular weight is 330 g/mol. The normalized spacial score (nSPS) is 13.3. The second kappa shape index (κ2) is 9.63. The van der Waals surface area contributed by atoms with Gasteiger partial charge >= 0.3 is 0 Å². The minimum Gasteiger partial charge on any atom is -0.359 e. The van der Waals surface area contributed by atoms with E-state index < -0.39 is 0 Å². The molecule has 3 nitrogen and oxygen atoms in total. The number of anilines is 1. The number of allylic oxidation sites excluding steroid dienone is 2. The van der Waals surface area contributed by atoms with E-state index in [-0.39, 0.29) is 0 Å². The van der Waals surface area contributed by atoms with Crippen LogP contribution in [-0.2, 0) is 0 Å². The van der Waals surface area contributed by atoms with Crippen molar-refractivity contribution in [1.82, 2.24) is 4.90 Å². The number of benzene rings is 1. The molecule has 1 rings (SSSR count). The first kappa shape index (κ1) is 20.4. The largest absolute Gasteiger partial charge is 0.359 e. The van der Waals surface area contributed by atoms with Gasteiger partial charge in [-0.15, -0.1) is 0 Å². The SMILES string of the molecule is CC(/C=C(/C)Nc1c(C(C)C)cccc1C(C)C)=NCCN(C)C. The molecule has 1 N–H and O–H groups in total. The number of aliphatic imine (C=N–C) groups is 1. The van der Waals surface area contributed by atoms with Crippen LogP contribution in [0.5, 0.6) is 0 Å². The molecule has 0 bridgehead atoms. The summed E-state index contributed by atoms with van der Waals surface area (Å²) in [5.41, 5.74) is 6.20. The maximum Gasteiger partial charge on any atom is 0.0519 e. The zero-order valence-corrected chi connectivity index (χ0v) is 16.8. The molecular formula is C21H35N3. The number of nitrogens with one attached hydrogen (secondary N) is 1. The fraction of sp³-hybridized carbons (Fsp3) is 0.571. The molecule has 0 radical (unpaired) electrons. The van der Waals surface area contributed by atoms with Crippen LogP contribution < -0.4 is 5.32 Å². The zero-order chi connectivity index (χ0) is 18.3. The van der Waals surface area contributed by atoms with Gasteiger partial charge in [-0.05, 0) is 57.0 Å². The highest BCUT2D eigenvalue weighted by molar-refractivity contribution is 5.93. The van der Waals surface area contributed by atoms with Crippen molar-refractivity contribution in [1.29, 1.82) is 0 Å². The highest BCUT2D eigenvalue weighted by Crippen LogP contribution is 2.33. The fourth-order valence-electron chi connectivity index (χ4n) is 2.71. The summed E-state index contributed by atoms with van der Waals surface area (Å²) >= 11 is 0. The smallest absolute Gasteiger partial charge is 0.0519 e. The number of likely N-dealkylation sites (N-methyl/N-ethyl adjacent to an activating group) is 1. The second-order valence-electron chi connectivity index (χ2n) is 7.40. The predicted molar refractivity (Wildman–Crippen MR) is 109 cm³/mol. The molecule has 134 valence electrons. The van der Waals surface area contributed by atoms with Crippen LogP contribution in [0.3, 0.4) is 0 Å². The lowest BCUT2D eigenvalue weighted by Gasteiger charge is -2.21. The molecule has 1 aromatic carbocycles. The maximum atomic E-state index is 4.62. The van der Waals surface area contributed by atoms with Crippen molar-refractivity contribution in [2.45, 2.75) is 53.4 Å². The summed E-state index contributed by atoms with van der Waals surface area (Å²) < 4.78 is 0. The Labute approximate surface area is 148 Å². The van der Waals surface area contributed by atoms with E-state index in [1.54, 1.807) is 0 Å². The maximum absolute atomic E-state index is 4.62. The summed E-state index contributed by atoms with van der Waals surface area (Å²) in [6.07, 6.45) is 2.14. The summed E-state index contributed by atoms with van der Waals surface area (Å²) in [7, 11) is 4.15. The van der Waals surface area contributed by atoms with Crippen LogP contribution in [0.1, 0.15) is 64.5 Å². The number of rotatable bonds is 8. The Balaban J connectivity index is 3.00. The Bertz CT molecular complexity index is 554. The van der Waals surface area contributed by atoms with E-state index >= 15 is 0 Å². The van der Waals surface area contributed by atoms with Gasteiger partial charge in [0.25, 0.3) is 0 Å². The first-order valence-corrected chi connectivity index (χ1v) is 8.96. The molecule has 1 aromatic rings. The molecule has 0 saturated heterocycles. The van der Waals surface area contributed by atoms with Crippen LogP contribution in [0.15, 0.2) is 35.0 Å². The van der Waals surface area contributed by atoms with Gasteiger partial charge in [0.2, 0.25) is 0 Å². The quantitative estimate of drug-likeness (QED) is 0.658. The van der Waals surface area contributed by atoms with Crippen molar-refractivity contribution in [2.24, 2.45) is 4.99 Å². The van der Waals surface area contributed by atoms with Gasteiger partial charge in [0.15, 0.2) is 0 Å². The van der Waals surface area contributed by atoms with Crippen molar-refractivity contribution in [2.75, 3.05) is 32.5 Å². The van der Waals surface area contributed by atoms with Gasteiger partial charge in [-0.3, -0.25) is 4.99 Å². The van der Waals surface area contributed by atoms with Crippen molar-refractivity contribution >= 4 is 11.4 Å². The molecule has 0 unspecified atom stereocenters. The Hall–Kier alpha value is -1.61. The van der Waals surface area contributed by atoms with E-state index in [0.29, 0.717) is 11.8 Å². The lowest BCUT2D eigenvalue weighted by atomic mass is 9.92. The first-order chi connectivity index (χ1) is 11.2. The standard InChI is InChI=1S/C21H35N3/c1-15(2)19-10-9-11-20(16(3)4)21(19)23-18(6)14-17(5)22-12-13-24(7)8/h9-11,14-16,23H,12-13H2,1-8H3/b18-14-,22-17?. The van der Waals surface area contributed by atoms with Gasteiger partial charge < -0.3 is 10.2 Å². The van der Waals surface area contributed by atoms with Crippen LogP contribution in [0, 0.1) is 0 Å². The molecular weight excluding hydrogens is 294 g/mol. The van der Waals surface area contributed by atoms with Crippen LogP contribution in [0.2, 0.25) is 0 Å². The van der Waals surface area contributed by atoms with E-state index in [1.165, 1.54) is 16.8 Å². The van der Waals surface area contributed by atoms with Crippen LogP contribution >= 0.6 is 0 Å². The molecule has 0 atom stereocenters. The minimum absolute atomic E-state index is 0.494. The number of hydrogen-bond donors (Lipinski definition) is 1. The van der Waals surface area contributed by atoms with E-state index in [0.717, 1.165) is 24.5 Å². The van der Waals surface area contributed by atoms with Crippen molar-refractivity contribution in [3.8, 4) is 0 Å². The molecule has 0 amide bonds. The van der Waals surface area contributed by atoms with Gasteiger partial charge in [-0.2, -0.15) is 0 Å². The van der Waals surface area contributed by atoms with Gasteiger partial charge in [-0.25, -0.2) is 0 Å². The third-order valence-corrected chi connectivity index (χ3v) is 4.03. The summed E-state index contributed by atoms with van der Waals surface area (Å²) in [5.74, 6) is 0.989. The lowest BCUT2D eigenvalue weighted by molar-refractivity contribution is 0.420. The van der Waals surface area contributed by atoms with Crippen LogP contribution in [-0.4, -0.2) is 37.8 Å². The predicted octanol–water partition coefficient (Wildman–Crippen LogP) is 5.27. The van der Waals surface area contributed by atoms with Gasteiger partial charge in [0, 0.05) is 23.6 Å². The third kappa shape index (κ3) is 6.48.